The Bertz CT molecular complexity index is 1250. The number of amides is 1. The predicted octanol–water partition coefficient (Wildman–Crippen LogP) is 6.12. The molecule has 2 bridgehead atoms. The number of oxime groups is 1. The Morgan fingerprint density at radius 1 is 1.16 bits per heavy atom. The van der Waals surface area contributed by atoms with Crippen LogP contribution in [0.15, 0.2) is 40.5 Å². The highest BCUT2D eigenvalue weighted by Crippen LogP contribution is 2.40. The Hall–Kier alpha value is -2.98. The van der Waals surface area contributed by atoms with E-state index in [-0.39, 0.29) is 43.8 Å². The number of alkyl halides is 1. The van der Waals surface area contributed by atoms with Crippen molar-refractivity contribution in [2.24, 2.45) is 27.9 Å². The van der Waals surface area contributed by atoms with Crippen LogP contribution >= 0.6 is 0 Å². The molecule has 1 N–H and O–H groups in total. The summed E-state index contributed by atoms with van der Waals surface area (Å²) in [5, 5.41) is 16.7. The van der Waals surface area contributed by atoms with Crippen molar-refractivity contribution in [3.8, 4) is 0 Å². The van der Waals surface area contributed by atoms with E-state index in [0.29, 0.717) is 30.7 Å². The van der Waals surface area contributed by atoms with Crippen molar-refractivity contribution in [2.75, 3.05) is 6.61 Å². The van der Waals surface area contributed by atoms with Gasteiger partial charge in [0.05, 0.1) is 17.9 Å². The average molecular weight is 617 g/mol. The number of aliphatic hydroxyl groups is 1. The first-order valence-corrected chi connectivity index (χ1v) is 15.7. The van der Waals surface area contributed by atoms with Crippen LogP contribution in [-0.4, -0.2) is 63.8 Å². The number of carbonyl (C=O) groups excluding carboxylic acids is 3. The topological polar surface area (TPSA) is 124 Å². The molecule has 8 atom stereocenters. The molecular formula is C34H49FN2O7. The number of Topliss-reactive ketones (excluding diaryl/α,β-unsaturated/α-hetero) is 1. The van der Waals surface area contributed by atoms with Crippen LogP contribution < -0.4 is 0 Å². The fraction of sp³-hybridized carbons (Fsp3) is 0.676. The van der Waals surface area contributed by atoms with Crippen LogP contribution in [0.5, 0.6) is 0 Å². The van der Waals surface area contributed by atoms with Crippen LogP contribution in [0, 0.1) is 17.8 Å². The van der Waals surface area contributed by atoms with Crippen molar-refractivity contribution in [1.82, 2.24) is 0 Å². The standard InChI is InChI=1S/C34H49FN2O7/c1-9-29-34(8,41)27-16-15-26(37-44-23(4)25-13-11-10-12-14-25)20-42-32(6,18-17-28(39)33(7,35)31(40)43-29)19-21(2)30(22(27)3)36-24(5)38/h10-14,21-23,27,29,41H,9,15-20H2,1-8H3/b36-30?,37-26+/t21-,22-,23+,27-,29-,32+,33+,34+/m1/s1. The summed E-state index contributed by atoms with van der Waals surface area (Å²) in [6.45, 7) is 13.2. The fourth-order valence-electron chi connectivity index (χ4n) is 6.57. The van der Waals surface area contributed by atoms with Gasteiger partial charge in [0.25, 0.3) is 5.67 Å². The second kappa shape index (κ2) is 14.4. The van der Waals surface area contributed by atoms with Crippen LogP contribution in [0.4, 0.5) is 4.39 Å². The summed E-state index contributed by atoms with van der Waals surface area (Å²) in [6.07, 6.45) is -0.428. The lowest BCUT2D eigenvalue weighted by atomic mass is 9.69. The molecule has 1 aromatic rings. The van der Waals surface area contributed by atoms with Gasteiger partial charge in [-0.25, -0.2) is 14.2 Å². The van der Waals surface area contributed by atoms with Crippen LogP contribution in [0.25, 0.3) is 0 Å². The SMILES string of the molecule is CC[C@H]1OC(=O)[C@@](C)(F)C(=O)CC[C@@]2(C)C[C@@H](C)C(=NC(C)=O)[C@H](C)[C@@H](CC/C(=N\O[C@@H](C)c3ccccc3)CO2)[C@]1(C)O. The van der Waals surface area contributed by atoms with Gasteiger partial charge in [-0.15, -0.1) is 0 Å². The number of fused-ring (bicyclic) bond motifs is 5. The molecule has 0 aliphatic carbocycles. The normalized spacial score (nSPS) is 37.0. The highest BCUT2D eigenvalue weighted by molar-refractivity contribution is 6.06. The minimum Gasteiger partial charge on any atom is -0.457 e. The van der Waals surface area contributed by atoms with Crippen LogP contribution in [-0.2, 0) is 28.7 Å². The van der Waals surface area contributed by atoms with Crippen molar-refractivity contribution in [3.63, 3.8) is 0 Å². The van der Waals surface area contributed by atoms with Crippen molar-refractivity contribution < 1.29 is 38.2 Å². The highest BCUT2D eigenvalue weighted by Gasteiger charge is 2.50. The molecule has 0 aromatic heterocycles. The smallest absolute Gasteiger partial charge is 0.351 e. The summed E-state index contributed by atoms with van der Waals surface area (Å²) in [7, 11) is 0. The van der Waals surface area contributed by atoms with Crippen molar-refractivity contribution in [3.05, 3.63) is 35.9 Å². The molecule has 1 aromatic carbocycles. The Kier molecular flexibility index (Phi) is 11.6. The van der Waals surface area contributed by atoms with E-state index in [1.54, 1.807) is 13.8 Å². The van der Waals surface area contributed by atoms with E-state index in [1.807, 2.05) is 58.0 Å². The summed E-state index contributed by atoms with van der Waals surface area (Å²) in [4.78, 5) is 48.9. The van der Waals surface area contributed by atoms with E-state index < -0.39 is 46.6 Å². The molecule has 1 amide bonds. The number of aliphatic imine (C=N–C) groups is 1. The number of benzene rings is 1. The van der Waals surface area contributed by atoms with Gasteiger partial charge in [-0.2, -0.15) is 0 Å². The Morgan fingerprint density at radius 3 is 2.43 bits per heavy atom. The summed E-state index contributed by atoms with van der Waals surface area (Å²) < 4.78 is 27.8. The third-order valence-corrected chi connectivity index (χ3v) is 9.35. The van der Waals surface area contributed by atoms with Crippen LogP contribution in [0.3, 0.4) is 0 Å². The van der Waals surface area contributed by atoms with E-state index in [2.05, 4.69) is 10.1 Å². The number of hydrogen-bond donors (Lipinski definition) is 1. The summed E-state index contributed by atoms with van der Waals surface area (Å²) in [5.41, 5.74) is -3.43. The summed E-state index contributed by atoms with van der Waals surface area (Å²) >= 11 is 0. The largest absolute Gasteiger partial charge is 0.457 e. The van der Waals surface area contributed by atoms with E-state index >= 15 is 4.39 Å². The Morgan fingerprint density at radius 2 is 1.82 bits per heavy atom. The number of hydrogen-bond acceptors (Lipinski definition) is 8. The van der Waals surface area contributed by atoms with Gasteiger partial charge in [0.2, 0.25) is 5.91 Å². The van der Waals surface area contributed by atoms with Crippen molar-refractivity contribution in [2.45, 2.75) is 123 Å². The van der Waals surface area contributed by atoms with Crippen molar-refractivity contribution >= 4 is 29.1 Å². The molecule has 2 aliphatic rings. The first-order chi connectivity index (χ1) is 20.5. The molecule has 2 saturated heterocycles. The first kappa shape index (κ1) is 35.5. The second-order valence-corrected chi connectivity index (χ2v) is 13.1. The van der Waals surface area contributed by atoms with Gasteiger partial charge in [-0.1, -0.05) is 56.3 Å². The maximum atomic E-state index is 15.7. The molecule has 0 unspecified atom stereocenters. The lowest BCUT2D eigenvalue weighted by Gasteiger charge is -2.43. The van der Waals surface area contributed by atoms with Crippen LogP contribution in [0.1, 0.15) is 106 Å². The molecule has 0 spiro atoms. The molecule has 2 heterocycles. The predicted molar refractivity (Wildman–Crippen MR) is 166 cm³/mol. The number of rotatable bonds is 4. The van der Waals surface area contributed by atoms with Gasteiger partial charge in [-0.05, 0) is 77.2 Å². The summed E-state index contributed by atoms with van der Waals surface area (Å²) in [5.74, 6) is -3.96. The van der Waals surface area contributed by atoms with Crippen LogP contribution in [0.2, 0.25) is 0 Å². The molecule has 0 radical (unpaired) electrons. The minimum atomic E-state index is -2.89. The number of esters is 1. The number of halogens is 1. The van der Waals surface area contributed by atoms with Gasteiger partial charge in [-0.3, -0.25) is 9.59 Å². The average Bonchev–Trinajstić information content (AvgIpc) is 2.98. The molecule has 2 aliphatic heterocycles. The van der Waals surface area contributed by atoms with Gasteiger partial charge < -0.3 is 19.4 Å². The summed E-state index contributed by atoms with van der Waals surface area (Å²) in [6, 6.07) is 9.67. The first-order valence-electron chi connectivity index (χ1n) is 15.7. The second-order valence-electron chi connectivity index (χ2n) is 13.1. The van der Waals surface area contributed by atoms with Crippen molar-refractivity contribution in [1.29, 1.82) is 0 Å². The fourth-order valence-corrected chi connectivity index (χ4v) is 6.57. The zero-order valence-electron chi connectivity index (χ0n) is 27.4. The number of nitrogens with zero attached hydrogens (tertiary/aromatic N) is 2. The number of cyclic esters (lactones) is 1. The quantitative estimate of drug-likeness (QED) is 0.246. The third-order valence-electron chi connectivity index (χ3n) is 9.35. The van der Waals surface area contributed by atoms with Gasteiger partial charge in [0.1, 0.15) is 17.8 Å². The van der Waals surface area contributed by atoms with E-state index in [1.165, 1.54) is 6.92 Å². The van der Waals surface area contributed by atoms with E-state index in [4.69, 9.17) is 14.3 Å². The zero-order chi connectivity index (χ0) is 32.9. The van der Waals surface area contributed by atoms with E-state index in [0.717, 1.165) is 12.5 Å². The number of ketones is 1. The highest BCUT2D eigenvalue weighted by atomic mass is 19.1. The lowest BCUT2D eigenvalue weighted by Crippen LogP contribution is -2.54. The van der Waals surface area contributed by atoms with E-state index in [9.17, 15) is 19.5 Å². The minimum absolute atomic E-state index is 0.0703. The molecule has 44 heavy (non-hydrogen) atoms. The maximum Gasteiger partial charge on any atom is 0.351 e. The molecule has 0 saturated carbocycles. The molecule has 10 heteroatoms. The molecule has 9 nitrogen and oxygen atoms in total. The molecule has 2 fully saturated rings. The molecular weight excluding hydrogens is 567 g/mol. The monoisotopic (exact) mass is 616 g/mol. The number of ether oxygens (including phenoxy) is 2. The molecule has 3 rings (SSSR count). The Labute approximate surface area is 260 Å². The van der Waals surface area contributed by atoms with Gasteiger partial charge >= 0.3 is 5.97 Å². The van der Waals surface area contributed by atoms with Gasteiger partial charge in [0, 0.05) is 25.0 Å². The number of carbonyl (C=O) groups is 3. The maximum absolute atomic E-state index is 15.7. The molecule has 244 valence electrons. The zero-order valence-corrected chi connectivity index (χ0v) is 27.4. The lowest BCUT2D eigenvalue weighted by molar-refractivity contribution is -0.185. The third kappa shape index (κ3) is 8.38. The Balaban J connectivity index is 2.18. The van der Waals surface area contributed by atoms with Gasteiger partial charge in [0.15, 0.2) is 5.78 Å².